The van der Waals surface area contributed by atoms with E-state index in [1.807, 2.05) is 0 Å². The molecule has 5 nitrogen and oxygen atoms in total. The average Bonchev–Trinajstić information content (AvgIpc) is 2.16. The molecule has 74 valence electrons. The second kappa shape index (κ2) is 3.10. The van der Waals surface area contributed by atoms with Gasteiger partial charge in [-0.1, -0.05) is 0 Å². The number of nitrogens with one attached hydrogen (secondary N) is 1. The number of hydrogen-bond donors (Lipinski definition) is 3. The summed E-state index contributed by atoms with van der Waals surface area (Å²) in [6.45, 7) is 0.0904. The van der Waals surface area contributed by atoms with Gasteiger partial charge in [0.25, 0.3) is 0 Å². The van der Waals surface area contributed by atoms with Crippen LogP contribution >= 0.6 is 0 Å². The maximum absolute atomic E-state index is 10.6. The summed E-state index contributed by atoms with van der Waals surface area (Å²) in [7, 11) is 0. The standard InChI is InChI=1S/C9H9NO4/c11-5-1-2-8-6(3-5)10-7(4-14-8)9(12)13/h1-3,7,10-11H,4H2,(H,12,13). The molecule has 1 aromatic carbocycles. The predicted octanol–water partition coefficient (Wildman–Crippen LogP) is 0.650. The van der Waals surface area contributed by atoms with E-state index in [9.17, 15) is 9.90 Å². The van der Waals surface area contributed by atoms with Gasteiger partial charge >= 0.3 is 5.97 Å². The van der Waals surface area contributed by atoms with Crippen molar-refractivity contribution in [3.8, 4) is 11.5 Å². The van der Waals surface area contributed by atoms with Crippen LogP contribution in [0.1, 0.15) is 0 Å². The Hall–Kier alpha value is -1.91. The van der Waals surface area contributed by atoms with E-state index < -0.39 is 12.0 Å². The molecular weight excluding hydrogens is 186 g/mol. The van der Waals surface area contributed by atoms with E-state index in [-0.39, 0.29) is 12.4 Å². The minimum Gasteiger partial charge on any atom is -0.508 e. The van der Waals surface area contributed by atoms with Crippen molar-refractivity contribution in [2.75, 3.05) is 11.9 Å². The van der Waals surface area contributed by atoms with E-state index in [4.69, 9.17) is 9.84 Å². The van der Waals surface area contributed by atoms with Gasteiger partial charge in [0, 0.05) is 6.07 Å². The fourth-order valence-electron chi connectivity index (χ4n) is 1.29. The van der Waals surface area contributed by atoms with E-state index in [0.717, 1.165) is 0 Å². The molecule has 1 heterocycles. The van der Waals surface area contributed by atoms with E-state index in [1.54, 1.807) is 6.07 Å². The van der Waals surface area contributed by atoms with E-state index >= 15 is 0 Å². The molecule has 0 spiro atoms. The summed E-state index contributed by atoms with van der Waals surface area (Å²) < 4.78 is 5.20. The van der Waals surface area contributed by atoms with Gasteiger partial charge in [-0.25, -0.2) is 4.79 Å². The molecule has 0 radical (unpaired) electrons. The first-order valence-corrected chi connectivity index (χ1v) is 4.12. The van der Waals surface area contributed by atoms with Crippen LogP contribution < -0.4 is 10.1 Å². The van der Waals surface area contributed by atoms with Crippen LogP contribution in [0, 0.1) is 0 Å². The van der Waals surface area contributed by atoms with Crippen LogP contribution in [0.4, 0.5) is 5.69 Å². The maximum Gasteiger partial charge on any atom is 0.329 e. The van der Waals surface area contributed by atoms with Gasteiger partial charge in [0.15, 0.2) is 6.04 Å². The van der Waals surface area contributed by atoms with Gasteiger partial charge < -0.3 is 20.3 Å². The third-order valence-electron chi connectivity index (χ3n) is 2.00. The number of anilines is 1. The topological polar surface area (TPSA) is 78.8 Å². The molecule has 0 saturated heterocycles. The van der Waals surface area contributed by atoms with Crippen molar-refractivity contribution in [3.63, 3.8) is 0 Å². The minimum atomic E-state index is -0.973. The summed E-state index contributed by atoms with van der Waals surface area (Å²) in [6, 6.07) is 3.76. The molecule has 0 aliphatic carbocycles. The molecule has 1 aromatic rings. The number of carboxylic acid groups (broad SMARTS) is 1. The Balaban J connectivity index is 2.29. The number of ether oxygens (including phenoxy) is 1. The first-order chi connectivity index (χ1) is 6.66. The summed E-state index contributed by atoms with van der Waals surface area (Å²) in [5.41, 5.74) is 0.503. The van der Waals surface area contributed by atoms with Crippen molar-refractivity contribution >= 4 is 11.7 Å². The zero-order chi connectivity index (χ0) is 10.1. The van der Waals surface area contributed by atoms with Crippen molar-refractivity contribution < 1.29 is 19.7 Å². The molecule has 1 atom stereocenters. The molecule has 0 aromatic heterocycles. The second-order valence-corrected chi connectivity index (χ2v) is 3.03. The van der Waals surface area contributed by atoms with Gasteiger partial charge in [0.1, 0.15) is 18.1 Å². The number of carbonyl (C=O) groups is 1. The molecule has 0 amide bonds. The molecular formula is C9H9NO4. The summed E-state index contributed by atoms with van der Waals surface area (Å²) >= 11 is 0. The third-order valence-corrected chi connectivity index (χ3v) is 2.00. The highest BCUT2D eigenvalue weighted by Crippen LogP contribution is 2.31. The highest BCUT2D eigenvalue weighted by Gasteiger charge is 2.24. The van der Waals surface area contributed by atoms with E-state index in [1.165, 1.54) is 12.1 Å². The Morgan fingerprint density at radius 1 is 1.57 bits per heavy atom. The smallest absolute Gasteiger partial charge is 0.329 e. The Morgan fingerprint density at radius 3 is 3.07 bits per heavy atom. The highest BCUT2D eigenvalue weighted by atomic mass is 16.5. The molecule has 0 saturated carbocycles. The number of aliphatic carboxylic acids is 1. The normalized spacial score (nSPS) is 19.0. The largest absolute Gasteiger partial charge is 0.508 e. The lowest BCUT2D eigenvalue weighted by Crippen LogP contribution is -2.38. The van der Waals surface area contributed by atoms with Gasteiger partial charge in [-0.05, 0) is 12.1 Å². The molecule has 1 aliphatic rings. The number of hydrogen-bond acceptors (Lipinski definition) is 4. The Kier molecular flexibility index (Phi) is 1.92. The van der Waals surface area contributed by atoms with Crippen LogP contribution in [0.15, 0.2) is 18.2 Å². The second-order valence-electron chi connectivity index (χ2n) is 3.03. The molecule has 0 fully saturated rings. The lowest BCUT2D eigenvalue weighted by molar-refractivity contribution is -0.138. The number of phenolic OH excluding ortho intramolecular Hbond substituents is 1. The number of phenols is 1. The van der Waals surface area contributed by atoms with E-state index in [0.29, 0.717) is 11.4 Å². The van der Waals surface area contributed by atoms with Crippen molar-refractivity contribution in [2.24, 2.45) is 0 Å². The number of rotatable bonds is 1. The fraction of sp³-hybridized carbons (Fsp3) is 0.222. The number of carboxylic acids is 1. The molecule has 1 aliphatic heterocycles. The summed E-state index contributed by atoms with van der Waals surface area (Å²) in [4.78, 5) is 10.6. The molecule has 1 unspecified atom stereocenters. The Labute approximate surface area is 79.9 Å². The van der Waals surface area contributed by atoms with Crippen molar-refractivity contribution in [3.05, 3.63) is 18.2 Å². The lowest BCUT2D eigenvalue weighted by atomic mass is 10.2. The monoisotopic (exact) mass is 195 g/mol. The van der Waals surface area contributed by atoms with Crippen LogP contribution in [0.5, 0.6) is 11.5 Å². The lowest BCUT2D eigenvalue weighted by Gasteiger charge is -2.24. The molecule has 5 heteroatoms. The average molecular weight is 195 g/mol. The first kappa shape index (κ1) is 8.68. The fourth-order valence-corrected chi connectivity index (χ4v) is 1.29. The molecule has 3 N–H and O–H groups in total. The van der Waals surface area contributed by atoms with Gasteiger partial charge in [0.2, 0.25) is 0 Å². The predicted molar refractivity (Wildman–Crippen MR) is 48.6 cm³/mol. The quantitative estimate of drug-likeness (QED) is 0.613. The van der Waals surface area contributed by atoms with E-state index in [2.05, 4.69) is 5.32 Å². The van der Waals surface area contributed by atoms with Gasteiger partial charge in [-0.2, -0.15) is 0 Å². The summed E-state index contributed by atoms with van der Waals surface area (Å²) in [5, 5.41) is 20.7. The van der Waals surface area contributed by atoms with Crippen LogP contribution in [0.2, 0.25) is 0 Å². The van der Waals surface area contributed by atoms with Crippen LogP contribution in [-0.2, 0) is 4.79 Å². The van der Waals surface area contributed by atoms with Crippen LogP contribution in [-0.4, -0.2) is 28.8 Å². The van der Waals surface area contributed by atoms with Gasteiger partial charge in [-0.15, -0.1) is 0 Å². The Morgan fingerprint density at radius 2 is 2.36 bits per heavy atom. The summed E-state index contributed by atoms with van der Waals surface area (Å²) in [6.07, 6.45) is 0. The molecule has 2 rings (SSSR count). The van der Waals surface area contributed by atoms with Crippen LogP contribution in [0.3, 0.4) is 0 Å². The maximum atomic E-state index is 10.6. The highest BCUT2D eigenvalue weighted by molar-refractivity contribution is 5.79. The van der Waals surface area contributed by atoms with Crippen molar-refractivity contribution in [2.45, 2.75) is 6.04 Å². The van der Waals surface area contributed by atoms with Crippen molar-refractivity contribution in [1.82, 2.24) is 0 Å². The minimum absolute atomic E-state index is 0.0749. The number of aromatic hydroxyl groups is 1. The first-order valence-electron chi connectivity index (χ1n) is 4.12. The molecule has 14 heavy (non-hydrogen) atoms. The number of fused-ring (bicyclic) bond motifs is 1. The number of benzene rings is 1. The van der Waals surface area contributed by atoms with Crippen molar-refractivity contribution in [1.29, 1.82) is 0 Å². The van der Waals surface area contributed by atoms with Gasteiger partial charge in [0.05, 0.1) is 5.69 Å². The molecule has 0 bridgehead atoms. The van der Waals surface area contributed by atoms with Gasteiger partial charge in [-0.3, -0.25) is 0 Å². The van der Waals surface area contributed by atoms with Crippen LogP contribution in [0.25, 0.3) is 0 Å². The zero-order valence-corrected chi connectivity index (χ0v) is 7.23. The third kappa shape index (κ3) is 1.44. The zero-order valence-electron chi connectivity index (χ0n) is 7.23. The Bertz CT molecular complexity index is 377. The summed E-state index contributed by atoms with van der Waals surface area (Å²) in [5.74, 6) is -0.342. The SMILES string of the molecule is O=C(O)C1COc2ccc(O)cc2N1.